The minimum atomic E-state index is -0.981. The Balaban J connectivity index is 1.94. The molecule has 2 heterocycles. The molecule has 6 heteroatoms. The van der Waals surface area contributed by atoms with Gasteiger partial charge in [-0.15, -0.1) is 10.2 Å². The fourth-order valence-corrected chi connectivity index (χ4v) is 3.67. The van der Waals surface area contributed by atoms with Crippen LogP contribution in [-0.2, 0) is 6.42 Å². The van der Waals surface area contributed by atoms with Crippen molar-refractivity contribution in [2.24, 2.45) is 4.99 Å². The van der Waals surface area contributed by atoms with Crippen LogP contribution < -0.4 is 0 Å². The van der Waals surface area contributed by atoms with Crippen molar-refractivity contribution >= 4 is 32.5 Å². The molecule has 0 bridgehead atoms. The molecule has 25 heavy (non-hydrogen) atoms. The number of nitrogens with zero attached hydrogens (tertiary/aromatic N) is 3. The number of rotatable bonds is 1. The number of halogens is 3. The molecule has 0 saturated heterocycles. The van der Waals surface area contributed by atoms with E-state index < -0.39 is 11.6 Å². The summed E-state index contributed by atoms with van der Waals surface area (Å²) in [5.41, 5.74) is 3.03. The van der Waals surface area contributed by atoms with Crippen LogP contribution in [0.25, 0.3) is 10.9 Å². The molecule has 2 aromatic carbocycles. The number of fused-ring (bicyclic) bond motifs is 2. The first kappa shape index (κ1) is 16.3. The van der Waals surface area contributed by atoms with E-state index in [0.29, 0.717) is 16.8 Å². The smallest absolute Gasteiger partial charge is 0.186 e. The van der Waals surface area contributed by atoms with E-state index in [1.165, 1.54) is 6.07 Å². The van der Waals surface area contributed by atoms with Gasteiger partial charge < -0.3 is 0 Å². The first-order valence-corrected chi connectivity index (χ1v) is 8.64. The lowest BCUT2D eigenvalue weighted by Crippen LogP contribution is -2.30. The highest BCUT2D eigenvalue weighted by atomic mass is 79.9. The van der Waals surface area contributed by atoms with Crippen LogP contribution in [0.3, 0.4) is 0 Å². The molecule has 3 nitrogen and oxygen atoms in total. The fraction of sp³-hybridized carbons (Fsp3) is 0.211. The Morgan fingerprint density at radius 2 is 1.88 bits per heavy atom. The van der Waals surface area contributed by atoms with Crippen LogP contribution in [0, 0.1) is 11.6 Å². The van der Waals surface area contributed by atoms with E-state index in [9.17, 15) is 8.78 Å². The molecule has 0 unspecified atom stereocenters. The van der Waals surface area contributed by atoms with Gasteiger partial charge in [0, 0.05) is 15.4 Å². The van der Waals surface area contributed by atoms with Gasteiger partial charge in [-0.25, -0.2) is 8.78 Å². The molecule has 1 aliphatic heterocycles. The van der Waals surface area contributed by atoms with Gasteiger partial charge in [-0.05, 0) is 50.1 Å². The van der Waals surface area contributed by atoms with Crippen LogP contribution in [0.15, 0.2) is 45.9 Å². The number of aliphatic imine (C=N–C) groups is 1. The van der Waals surface area contributed by atoms with E-state index in [1.807, 2.05) is 18.2 Å². The average molecular weight is 402 g/mol. The van der Waals surface area contributed by atoms with Crippen LogP contribution in [0.2, 0.25) is 0 Å². The van der Waals surface area contributed by atoms with E-state index in [-0.39, 0.29) is 11.1 Å². The molecule has 3 aromatic rings. The highest BCUT2D eigenvalue weighted by Gasteiger charge is 2.29. The summed E-state index contributed by atoms with van der Waals surface area (Å²) < 4.78 is 28.3. The molecular formula is C19H14BrF2N3. The number of benzene rings is 2. The topological polar surface area (TPSA) is 38.1 Å². The predicted octanol–water partition coefficient (Wildman–Crippen LogP) is 4.84. The monoisotopic (exact) mass is 401 g/mol. The third-order valence-electron chi connectivity index (χ3n) is 4.29. The molecule has 126 valence electrons. The van der Waals surface area contributed by atoms with Crippen molar-refractivity contribution in [3.05, 3.63) is 69.3 Å². The Kier molecular flexibility index (Phi) is 3.68. The van der Waals surface area contributed by atoms with Gasteiger partial charge in [0.05, 0.1) is 11.3 Å². The number of hydrogen-bond acceptors (Lipinski definition) is 3. The molecular weight excluding hydrogens is 388 g/mol. The van der Waals surface area contributed by atoms with Crippen molar-refractivity contribution in [1.29, 1.82) is 0 Å². The predicted molar refractivity (Wildman–Crippen MR) is 97.0 cm³/mol. The Morgan fingerprint density at radius 3 is 2.68 bits per heavy atom. The van der Waals surface area contributed by atoms with Gasteiger partial charge in [0.25, 0.3) is 0 Å². The number of hydrogen-bond donors (Lipinski definition) is 0. The summed E-state index contributed by atoms with van der Waals surface area (Å²) in [6.45, 7) is 4.11. The summed E-state index contributed by atoms with van der Waals surface area (Å²) in [5, 5.41) is 8.52. The number of aromatic nitrogens is 2. The lowest BCUT2D eigenvalue weighted by Gasteiger charge is -2.29. The second-order valence-corrected chi connectivity index (χ2v) is 7.60. The summed E-state index contributed by atoms with van der Waals surface area (Å²) in [4.78, 5) is 4.84. The maximum absolute atomic E-state index is 13.9. The van der Waals surface area contributed by atoms with Gasteiger partial charge in [-0.1, -0.05) is 28.1 Å². The van der Waals surface area contributed by atoms with E-state index >= 15 is 0 Å². The second kappa shape index (κ2) is 5.66. The maximum Gasteiger partial charge on any atom is 0.186 e. The molecule has 4 rings (SSSR count). The average Bonchev–Trinajstić information content (AvgIpc) is 2.58. The van der Waals surface area contributed by atoms with E-state index in [2.05, 4.69) is 40.0 Å². The summed E-state index contributed by atoms with van der Waals surface area (Å²) in [5.74, 6) is -1.91. The maximum atomic E-state index is 13.9. The minimum Gasteiger partial charge on any atom is -0.276 e. The second-order valence-electron chi connectivity index (χ2n) is 6.74. The van der Waals surface area contributed by atoms with Crippen molar-refractivity contribution in [3.8, 4) is 0 Å². The molecule has 0 radical (unpaired) electrons. The van der Waals surface area contributed by atoms with E-state index in [0.717, 1.165) is 28.1 Å². The summed E-state index contributed by atoms with van der Waals surface area (Å²) in [6.07, 6.45) is 0.800. The van der Waals surface area contributed by atoms with Gasteiger partial charge in [0.15, 0.2) is 11.6 Å². The van der Waals surface area contributed by atoms with Crippen molar-refractivity contribution < 1.29 is 8.78 Å². The summed E-state index contributed by atoms with van der Waals surface area (Å²) in [6, 6.07) is 10.2. The SMILES string of the molecule is CC1(C)Cc2c(Br)cccc2C(c2cc3ccc(F)c(F)c3nn2)=N1. The zero-order chi connectivity index (χ0) is 17.8. The molecule has 0 saturated carbocycles. The van der Waals surface area contributed by atoms with Gasteiger partial charge in [0.2, 0.25) is 0 Å². The molecule has 0 aliphatic carbocycles. The standard InChI is InChI=1S/C19H14BrF2N3/c1-19(2)9-12-11(4-3-5-13(12)20)18(23-19)15-8-10-6-7-14(21)16(22)17(10)25-24-15/h3-8H,9H2,1-2H3. The van der Waals surface area contributed by atoms with E-state index in [4.69, 9.17) is 4.99 Å². The quantitative estimate of drug-likeness (QED) is 0.584. The van der Waals surface area contributed by atoms with Gasteiger partial charge in [-0.2, -0.15) is 0 Å². The van der Waals surface area contributed by atoms with Gasteiger partial charge >= 0.3 is 0 Å². The normalized spacial score (nSPS) is 15.8. The van der Waals surface area contributed by atoms with Crippen LogP contribution in [0.4, 0.5) is 8.78 Å². The molecule has 0 amide bonds. The summed E-state index contributed by atoms with van der Waals surface area (Å²) in [7, 11) is 0. The largest absolute Gasteiger partial charge is 0.276 e. The molecule has 1 aromatic heterocycles. The highest BCUT2D eigenvalue weighted by molar-refractivity contribution is 9.10. The van der Waals surface area contributed by atoms with Crippen LogP contribution >= 0.6 is 15.9 Å². The van der Waals surface area contributed by atoms with Crippen LogP contribution in [0.5, 0.6) is 0 Å². The Morgan fingerprint density at radius 1 is 1.08 bits per heavy atom. The Bertz CT molecular complexity index is 1040. The van der Waals surface area contributed by atoms with Crippen molar-refractivity contribution in [2.75, 3.05) is 0 Å². The van der Waals surface area contributed by atoms with Crippen molar-refractivity contribution in [1.82, 2.24) is 10.2 Å². The molecule has 0 N–H and O–H groups in total. The lowest BCUT2D eigenvalue weighted by atomic mass is 9.86. The van der Waals surface area contributed by atoms with E-state index in [1.54, 1.807) is 6.07 Å². The lowest BCUT2D eigenvalue weighted by molar-refractivity contribution is 0.511. The van der Waals surface area contributed by atoms with Crippen LogP contribution in [0.1, 0.15) is 30.7 Å². The fourth-order valence-electron chi connectivity index (χ4n) is 3.16. The first-order chi connectivity index (χ1) is 11.9. The molecule has 0 fully saturated rings. The zero-order valence-corrected chi connectivity index (χ0v) is 15.2. The minimum absolute atomic E-state index is 0.0751. The van der Waals surface area contributed by atoms with Gasteiger partial charge in [-0.3, -0.25) is 4.99 Å². The zero-order valence-electron chi connectivity index (χ0n) is 13.6. The first-order valence-electron chi connectivity index (χ1n) is 7.85. The third kappa shape index (κ3) is 2.74. The molecule has 0 spiro atoms. The van der Waals surface area contributed by atoms with Crippen molar-refractivity contribution in [2.45, 2.75) is 25.8 Å². The molecule has 0 atom stereocenters. The Labute approximate surface area is 151 Å². The highest BCUT2D eigenvalue weighted by Crippen LogP contribution is 2.33. The summed E-state index contributed by atoms with van der Waals surface area (Å²) >= 11 is 3.61. The third-order valence-corrected chi connectivity index (χ3v) is 5.03. The van der Waals surface area contributed by atoms with Crippen molar-refractivity contribution in [3.63, 3.8) is 0 Å². The van der Waals surface area contributed by atoms with Gasteiger partial charge in [0.1, 0.15) is 11.2 Å². The van der Waals surface area contributed by atoms with Crippen LogP contribution in [-0.4, -0.2) is 21.4 Å². The molecule has 1 aliphatic rings. The Hall–Kier alpha value is -2.21.